The van der Waals surface area contributed by atoms with Crippen LogP contribution in [0.3, 0.4) is 0 Å². The Morgan fingerprint density at radius 2 is 1.96 bits per heavy atom. The molecule has 2 amide bonds. The van der Waals surface area contributed by atoms with Crippen LogP contribution in [0.2, 0.25) is 0 Å². The van der Waals surface area contributed by atoms with E-state index in [1.54, 1.807) is 20.8 Å². The Hall–Kier alpha value is -2.19. The highest BCUT2D eigenvalue weighted by Crippen LogP contribution is 2.22. The number of nitrogens with zero attached hydrogens (tertiary/aromatic N) is 3. The Bertz CT molecular complexity index is 678. The van der Waals surface area contributed by atoms with Crippen LogP contribution in [0.4, 0.5) is 9.18 Å². The van der Waals surface area contributed by atoms with Crippen molar-refractivity contribution in [1.82, 2.24) is 20.4 Å². The van der Waals surface area contributed by atoms with Gasteiger partial charge in [0, 0.05) is 24.4 Å². The summed E-state index contributed by atoms with van der Waals surface area (Å²) in [5.41, 5.74) is -0.978. The number of ether oxygens (including phenoxy) is 1. The Balaban J connectivity index is 1.84. The van der Waals surface area contributed by atoms with Gasteiger partial charge in [-0.05, 0) is 27.2 Å². The van der Waals surface area contributed by atoms with Crippen molar-refractivity contribution in [2.75, 3.05) is 19.6 Å². The van der Waals surface area contributed by atoms with Crippen LogP contribution in [0.25, 0.3) is 0 Å². The lowest BCUT2D eigenvalue weighted by Gasteiger charge is -2.35. The Morgan fingerprint density at radius 3 is 2.48 bits per heavy atom. The average molecular weight is 384 g/mol. The molecule has 2 rings (SSSR count). The molecule has 8 nitrogen and oxygen atoms in total. The maximum absolute atomic E-state index is 14.5. The minimum absolute atomic E-state index is 0.0498. The molecule has 1 aliphatic heterocycles. The summed E-state index contributed by atoms with van der Waals surface area (Å²) in [7, 11) is 0. The number of halogens is 1. The first-order valence-corrected chi connectivity index (χ1v) is 9.11. The van der Waals surface area contributed by atoms with Crippen molar-refractivity contribution in [3.8, 4) is 0 Å². The molecule has 0 bridgehead atoms. The molecule has 1 saturated heterocycles. The summed E-state index contributed by atoms with van der Waals surface area (Å²) in [6, 6.07) is 0. The largest absolute Gasteiger partial charge is 0.444 e. The molecule has 0 saturated carbocycles. The number of hydrogen-bond acceptors (Lipinski definition) is 6. The Morgan fingerprint density at radius 1 is 1.30 bits per heavy atom. The van der Waals surface area contributed by atoms with Gasteiger partial charge in [0.1, 0.15) is 11.8 Å². The first-order valence-electron chi connectivity index (χ1n) is 9.11. The molecule has 2 heterocycles. The topological polar surface area (TPSA) is 97.6 Å². The first kappa shape index (κ1) is 21.1. The molecule has 0 spiro atoms. The van der Waals surface area contributed by atoms with Crippen molar-refractivity contribution in [1.29, 1.82) is 0 Å². The molecule has 0 radical (unpaired) electrons. The quantitative estimate of drug-likeness (QED) is 0.860. The first-order chi connectivity index (χ1) is 12.4. The van der Waals surface area contributed by atoms with E-state index in [-0.39, 0.29) is 30.2 Å². The third kappa shape index (κ3) is 5.90. The van der Waals surface area contributed by atoms with E-state index in [1.165, 1.54) is 4.90 Å². The zero-order valence-corrected chi connectivity index (χ0v) is 16.8. The van der Waals surface area contributed by atoms with Gasteiger partial charge in [-0.25, -0.2) is 9.18 Å². The predicted molar refractivity (Wildman–Crippen MR) is 96.1 cm³/mol. The SMILES string of the molecule is CC(C)(C)OC(=O)N1CCC(CNC(=O)c2noc(C(C)(C)C)n2)C(F)C1. The third-order valence-corrected chi connectivity index (χ3v) is 4.12. The second kappa shape index (κ2) is 7.82. The molecule has 0 aliphatic carbocycles. The summed E-state index contributed by atoms with van der Waals surface area (Å²) in [4.78, 5) is 29.6. The summed E-state index contributed by atoms with van der Waals surface area (Å²) in [5, 5.41) is 6.32. The highest BCUT2D eigenvalue weighted by atomic mass is 19.1. The number of likely N-dealkylation sites (tertiary alicyclic amines) is 1. The Kier molecular flexibility index (Phi) is 6.11. The van der Waals surface area contributed by atoms with Crippen LogP contribution < -0.4 is 5.32 Å². The fraction of sp³-hybridized carbons (Fsp3) is 0.778. The molecule has 1 aromatic rings. The number of carbonyl (C=O) groups is 2. The number of aromatic nitrogens is 2. The van der Waals surface area contributed by atoms with Crippen LogP contribution in [-0.4, -0.2) is 58.4 Å². The van der Waals surface area contributed by atoms with Crippen LogP contribution in [0.15, 0.2) is 4.52 Å². The minimum Gasteiger partial charge on any atom is -0.444 e. The van der Waals surface area contributed by atoms with Gasteiger partial charge in [-0.3, -0.25) is 4.79 Å². The minimum atomic E-state index is -1.25. The lowest BCUT2D eigenvalue weighted by Crippen LogP contribution is -2.49. The van der Waals surface area contributed by atoms with Gasteiger partial charge in [-0.2, -0.15) is 4.98 Å². The summed E-state index contributed by atoms with van der Waals surface area (Å²) < 4.78 is 24.8. The second-order valence-corrected chi connectivity index (χ2v) is 8.87. The van der Waals surface area contributed by atoms with E-state index in [4.69, 9.17) is 9.26 Å². The van der Waals surface area contributed by atoms with Gasteiger partial charge in [0.2, 0.25) is 5.89 Å². The van der Waals surface area contributed by atoms with E-state index >= 15 is 0 Å². The highest BCUT2D eigenvalue weighted by molar-refractivity contribution is 5.90. The van der Waals surface area contributed by atoms with Crippen LogP contribution in [0.5, 0.6) is 0 Å². The van der Waals surface area contributed by atoms with E-state index in [1.807, 2.05) is 20.8 Å². The standard InChI is InChI=1S/C18H29FN4O4/c1-17(2,3)15-21-13(22-27-15)14(24)20-9-11-7-8-23(10-12(11)19)16(25)26-18(4,5)6/h11-12H,7-10H2,1-6H3,(H,20,24). The van der Waals surface area contributed by atoms with Crippen molar-refractivity contribution in [3.63, 3.8) is 0 Å². The van der Waals surface area contributed by atoms with E-state index in [2.05, 4.69) is 15.5 Å². The predicted octanol–water partition coefficient (Wildman–Crippen LogP) is 2.69. The van der Waals surface area contributed by atoms with E-state index in [0.717, 1.165) is 0 Å². The number of piperidine rings is 1. The number of hydrogen-bond donors (Lipinski definition) is 1. The molecule has 1 aromatic heterocycles. The van der Waals surface area contributed by atoms with Gasteiger partial charge in [-0.15, -0.1) is 0 Å². The van der Waals surface area contributed by atoms with Crippen LogP contribution >= 0.6 is 0 Å². The van der Waals surface area contributed by atoms with Crippen molar-refractivity contribution < 1.29 is 23.2 Å². The maximum atomic E-state index is 14.5. The van der Waals surface area contributed by atoms with Crippen LogP contribution in [0.1, 0.15) is 64.5 Å². The molecule has 27 heavy (non-hydrogen) atoms. The van der Waals surface area contributed by atoms with Crippen molar-refractivity contribution in [2.45, 2.75) is 65.2 Å². The molecular weight excluding hydrogens is 355 g/mol. The third-order valence-electron chi connectivity index (χ3n) is 4.12. The smallest absolute Gasteiger partial charge is 0.410 e. The maximum Gasteiger partial charge on any atom is 0.410 e. The van der Waals surface area contributed by atoms with Crippen LogP contribution in [-0.2, 0) is 10.2 Å². The molecule has 1 fully saturated rings. The summed E-state index contributed by atoms with van der Waals surface area (Å²) >= 11 is 0. The number of carbonyl (C=O) groups excluding carboxylic acids is 2. The molecule has 9 heteroatoms. The molecule has 1 aliphatic rings. The normalized spacial score (nSPS) is 21.1. The number of amides is 2. The highest BCUT2D eigenvalue weighted by Gasteiger charge is 2.34. The summed E-state index contributed by atoms with van der Waals surface area (Å²) in [6.07, 6.45) is -1.34. The monoisotopic (exact) mass is 384 g/mol. The zero-order chi connectivity index (χ0) is 20.4. The van der Waals surface area contributed by atoms with E-state index in [0.29, 0.717) is 18.9 Å². The lowest BCUT2D eigenvalue weighted by atomic mass is 9.95. The van der Waals surface area contributed by atoms with Gasteiger partial charge < -0.3 is 19.5 Å². The lowest BCUT2D eigenvalue weighted by molar-refractivity contribution is 0.00548. The second-order valence-electron chi connectivity index (χ2n) is 8.87. The van der Waals surface area contributed by atoms with E-state index in [9.17, 15) is 14.0 Å². The number of nitrogens with one attached hydrogen (secondary N) is 1. The van der Waals surface area contributed by atoms with Gasteiger partial charge in [0.05, 0.1) is 6.54 Å². The molecule has 1 N–H and O–H groups in total. The number of rotatable bonds is 3. The zero-order valence-electron chi connectivity index (χ0n) is 16.8. The molecular formula is C18H29FN4O4. The summed E-state index contributed by atoms with van der Waals surface area (Å²) in [5.74, 6) is -0.596. The van der Waals surface area contributed by atoms with Gasteiger partial charge in [0.15, 0.2) is 0 Å². The Labute approximate surface area is 158 Å². The van der Waals surface area contributed by atoms with E-state index < -0.39 is 23.8 Å². The number of alkyl halides is 1. The van der Waals surface area contributed by atoms with Crippen molar-refractivity contribution in [3.05, 3.63) is 11.7 Å². The molecule has 152 valence electrons. The van der Waals surface area contributed by atoms with Crippen molar-refractivity contribution >= 4 is 12.0 Å². The van der Waals surface area contributed by atoms with Crippen molar-refractivity contribution in [2.24, 2.45) is 5.92 Å². The average Bonchev–Trinajstić information content (AvgIpc) is 3.02. The van der Waals surface area contributed by atoms with Crippen LogP contribution in [0, 0.1) is 5.92 Å². The van der Waals surface area contributed by atoms with Gasteiger partial charge in [-0.1, -0.05) is 25.9 Å². The molecule has 0 aromatic carbocycles. The molecule has 2 atom stereocenters. The molecule has 2 unspecified atom stereocenters. The fourth-order valence-electron chi connectivity index (χ4n) is 2.60. The fourth-order valence-corrected chi connectivity index (χ4v) is 2.60. The van der Waals surface area contributed by atoms with Gasteiger partial charge >= 0.3 is 6.09 Å². The summed E-state index contributed by atoms with van der Waals surface area (Å²) in [6.45, 7) is 11.5. The van der Waals surface area contributed by atoms with Gasteiger partial charge in [0.25, 0.3) is 11.7 Å².